The van der Waals surface area contributed by atoms with Gasteiger partial charge in [-0.2, -0.15) is 0 Å². The average molecular weight is 484 g/mol. The van der Waals surface area contributed by atoms with E-state index >= 15 is 0 Å². The standard InChI is InChI=1S/C26H33N3O4S/c1-19(24-17-20-7-4-10-23(31-3)25(20)33-24)29(12-6-11-28-13-15-32-16-14-28)26(34)27-21-8-5-9-22(18-21)30-2/h4-5,7-10,17-19H,6,11-16H2,1-3H3,(H,27,34)/t19-/m0/s1. The maximum absolute atomic E-state index is 6.26. The van der Waals surface area contributed by atoms with E-state index in [2.05, 4.69) is 28.1 Å². The summed E-state index contributed by atoms with van der Waals surface area (Å²) in [6, 6.07) is 15.7. The summed E-state index contributed by atoms with van der Waals surface area (Å²) in [6.45, 7) is 7.48. The van der Waals surface area contributed by atoms with Crippen molar-refractivity contribution < 1.29 is 18.6 Å². The lowest BCUT2D eigenvalue weighted by Gasteiger charge is -2.32. The number of fused-ring (bicyclic) bond motifs is 1. The number of methoxy groups -OCH3 is 2. The SMILES string of the molecule is COc1cccc(NC(=S)N(CCCN2CCOCC2)[C@@H](C)c2cc3cccc(OC)c3o2)c1. The largest absolute Gasteiger partial charge is 0.497 e. The molecule has 182 valence electrons. The molecule has 1 saturated heterocycles. The molecule has 0 spiro atoms. The summed E-state index contributed by atoms with van der Waals surface area (Å²) in [4.78, 5) is 4.64. The third-order valence-electron chi connectivity index (χ3n) is 6.19. The third-order valence-corrected chi connectivity index (χ3v) is 6.52. The molecule has 0 unspecified atom stereocenters. The molecule has 0 aliphatic carbocycles. The molecule has 1 N–H and O–H groups in total. The number of nitrogens with one attached hydrogen (secondary N) is 1. The summed E-state index contributed by atoms with van der Waals surface area (Å²) in [5, 5.41) is 5.05. The molecule has 2 aromatic carbocycles. The van der Waals surface area contributed by atoms with Crippen molar-refractivity contribution in [2.45, 2.75) is 19.4 Å². The Morgan fingerprint density at radius 2 is 1.91 bits per heavy atom. The van der Waals surface area contributed by atoms with Gasteiger partial charge >= 0.3 is 0 Å². The number of morpholine rings is 1. The van der Waals surface area contributed by atoms with Crippen LogP contribution >= 0.6 is 12.2 Å². The molecule has 0 radical (unpaired) electrons. The number of anilines is 1. The van der Waals surface area contributed by atoms with Crippen LogP contribution < -0.4 is 14.8 Å². The summed E-state index contributed by atoms with van der Waals surface area (Å²) in [5.41, 5.74) is 1.65. The lowest BCUT2D eigenvalue weighted by Crippen LogP contribution is -2.41. The number of thiocarbonyl (C=S) groups is 1. The van der Waals surface area contributed by atoms with Crippen molar-refractivity contribution in [2.24, 2.45) is 0 Å². The highest BCUT2D eigenvalue weighted by Crippen LogP contribution is 2.33. The monoisotopic (exact) mass is 483 g/mol. The fraction of sp³-hybridized carbons (Fsp3) is 0.423. The number of furan rings is 1. The summed E-state index contributed by atoms with van der Waals surface area (Å²) in [5.74, 6) is 2.36. The second-order valence-corrected chi connectivity index (χ2v) is 8.75. The Bertz CT molecular complexity index is 1100. The highest BCUT2D eigenvalue weighted by molar-refractivity contribution is 7.80. The van der Waals surface area contributed by atoms with E-state index in [9.17, 15) is 0 Å². The summed E-state index contributed by atoms with van der Waals surface area (Å²) < 4.78 is 22.6. The quantitative estimate of drug-likeness (QED) is 0.430. The molecule has 1 fully saturated rings. The van der Waals surface area contributed by atoms with Gasteiger partial charge in [-0.1, -0.05) is 18.2 Å². The molecular weight excluding hydrogens is 450 g/mol. The first-order chi connectivity index (χ1) is 16.6. The Morgan fingerprint density at radius 3 is 2.68 bits per heavy atom. The van der Waals surface area contributed by atoms with Crippen molar-refractivity contribution in [2.75, 3.05) is 58.9 Å². The van der Waals surface area contributed by atoms with Crippen molar-refractivity contribution >= 4 is 34.0 Å². The second-order valence-electron chi connectivity index (χ2n) is 8.37. The predicted molar refractivity (Wildman–Crippen MR) is 139 cm³/mol. The number of benzene rings is 2. The van der Waals surface area contributed by atoms with E-state index < -0.39 is 0 Å². The molecule has 0 bridgehead atoms. The molecule has 4 rings (SSSR count). The van der Waals surface area contributed by atoms with Gasteiger partial charge in [0, 0.05) is 43.3 Å². The maximum atomic E-state index is 6.26. The molecule has 1 aliphatic heterocycles. The van der Waals surface area contributed by atoms with Crippen LogP contribution in [-0.4, -0.2) is 68.5 Å². The van der Waals surface area contributed by atoms with E-state index in [4.69, 9.17) is 30.8 Å². The van der Waals surface area contributed by atoms with Gasteiger partial charge in [-0.15, -0.1) is 0 Å². The van der Waals surface area contributed by atoms with Crippen LogP contribution in [0.1, 0.15) is 25.1 Å². The fourth-order valence-electron chi connectivity index (χ4n) is 4.23. The molecule has 8 heteroatoms. The minimum Gasteiger partial charge on any atom is -0.497 e. The van der Waals surface area contributed by atoms with Gasteiger partial charge < -0.3 is 28.8 Å². The minimum absolute atomic E-state index is 0.0626. The molecule has 2 heterocycles. The number of hydrogen-bond donors (Lipinski definition) is 1. The van der Waals surface area contributed by atoms with Crippen LogP contribution in [0.2, 0.25) is 0 Å². The Balaban J connectivity index is 1.53. The van der Waals surface area contributed by atoms with Gasteiger partial charge in [0.25, 0.3) is 0 Å². The van der Waals surface area contributed by atoms with E-state index in [1.165, 1.54) is 0 Å². The third kappa shape index (κ3) is 5.81. The lowest BCUT2D eigenvalue weighted by atomic mass is 10.2. The minimum atomic E-state index is -0.0626. The zero-order valence-corrected chi connectivity index (χ0v) is 20.9. The van der Waals surface area contributed by atoms with E-state index in [-0.39, 0.29) is 6.04 Å². The topological polar surface area (TPSA) is 59.3 Å². The molecular formula is C26H33N3O4S. The molecule has 1 aliphatic rings. The Hall–Kier alpha value is -2.81. The fourth-order valence-corrected chi connectivity index (χ4v) is 4.60. The van der Waals surface area contributed by atoms with Gasteiger partial charge in [0.1, 0.15) is 11.5 Å². The van der Waals surface area contributed by atoms with Crippen LogP contribution in [0, 0.1) is 0 Å². The number of hydrogen-bond acceptors (Lipinski definition) is 6. The maximum Gasteiger partial charge on any atom is 0.176 e. The van der Waals surface area contributed by atoms with Gasteiger partial charge in [-0.25, -0.2) is 0 Å². The Morgan fingerprint density at radius 1 is 1.12 bits per heavy atom. The molecule has 3 aromatic rings. The number of ether oxygens (including phenoxy) is 3. The van der Waals surface area contributed by atoms with Crippen molar-refractivity contribution in [1.82, 2.24) is 9.80 Å². The van der Waals surface area contributed by atoms with Crippen molar-refractivity contribution in [3.05, 3.63) is 54.3 Å². The van der Waals surface area contributed by atoms with Gasteiger partial charge in [0.2, 0.25) is 0 Å². The second kappa shape index (κ2) is 11.6. The highest BCUT2D eigenvalue weighted by Gasteiger charge is 2.23. The van der Waals surface area contributed by atoms with Crippen molar-refractivity contribution in [3.8, 4) is 11.5 Å². The zero-order chi connectivity index (χ0) is 23.9. The van der Waals surface area contributed by atoms with Crippen molar-refractivity contribution in [3.63, 3.8) is 0 Å². The number of para-hydroxylation sites is 1. The van der Waals surface area contributed by atoms with E-state index in [0.29, 0.717) is 5.11 Å². The van der Waals surface area contributed by atoms with Crippen LogP contribution in [0.15, 0.2) is 52.9 Å². The first-order valence-corrected chi connectivity index (χ1v) is 12.1. The Labute approximate surface area is 206 Å². The van der Waals surface area contributed by atoms with Gasteiger partial charge in [-0.05, 0) is 49.8 Å². The van der Waals surface area contributed by atoms with E-state index in [0.717, 1.165) is 79.7 Å². The van der Waals surface area contributed by atoms with E-state index in [1.807, 2.05) is 42.5 Å². The normalized spacial score (nSPS) is 15.1. The van der Waals surface area contributed by atoms with Gasteiger partial charge in [0.05, 0.1) is 33.5 Å². The summed E-state index contributed by atoms with van der Waals surface area (Å²) in [6.07, 6.45) is 0.980. The lowest BCUT2D eigenvalue weighted by molar-refractivity contribution is 0.0365. The first-order valence-electron chi connectivity index (χ1n) is 11.7. The van der Waals surface area contributed by atoms with Crippen LogP contribution in [0.25, 0.3) is 11.0 Å². The van der Waals surface area contributed by atoms with Crippen LogP contribution in [-0.2, 0) is 4.74 Å². The summed E-state index contributed by atoms with van der Waals surface area (Å²) in [7, 11) is 3.32. The first kappa shape index (κ1) is 24.3. The van der Waals surface area contributed by atoms with Crippen molar-refractivity contribution in [1.29, 1.82) is 0 Å². The Kier molecular flexibility index (Phi) is 8.26. The molecule has 34 heavy (non-hydrogen) atoms. The molecule has 0 saturated carbocycles. The predicted octanol–water partition coefficient (Wildman–Crippen LogP) is 4.93. The van der Waals surface area contributed by atoms with Gasteiger partial charge in [-0.3, -0.25) is 4.90 Å². The molecule has 7 nitrogen and oxygen atoms in total. The smallest absolute Gasteiger partial charge is 0.176 e. The van der Waals surface area contributed by atoms with Crippen LogP contribution in [0.4, 0.5) is 5.69 Å². The van der Waals surface area contributed by atoms with E-state index in [1.54, 1.807) is 14.2 Å². The van der Waals surface area contributed by atoms with Gasteiger partial charge in [0.15, 0.2) is 16.4 Å². The molecule has 1 aromatic heterocycles. The van der Waals surface area contributed by atoms with Crippen LogP contribution in [0.5, 0.6) is 11.5 Å². The number of nitrogens with zero attached hydrogens (tertiary/aromatic N) is 2. The average Bonchev–Trinajstić information content (AvgIpc) is 3.31. The number of rotatable bonds is 9. The molecule has 0 amide bonds. The molecule has 1 atom stereocenters. The zero-order valence-electron chi connectivity index (χ0n) is 20.1. The summed E-state index contributed by atoms with van der Waals surface area (Å²) >= 11 is 5.89. The highest BCUT2D eigenvalue weighted by atomic mass is 32.1. The van der Waals surface area contributed by atoms with Crippen LogP contribution in [0.3, 0.4) is 0 Å².